The lowest BCUT2D eigenvalue weighted by atomic mass is 9.77. The van der Waals surface area contributed by atoms with Crippen LogP contribution >= 0.6 is 0 Å². The number of benzene rings is 1. The van der Waals surface area contributed by atoms with Crippen LogP contribution < -0.4 is 10.6 Å². The van der Waals surface area contributed by atoms with Crippen LogP contribution in [0.1, 0.15) is 36.8 Å². The third kappa shape index (κ3) is 3.18. The first-order valence-corrected chi connectivity index (χ1v) is 7.17. The number of alkyl halides is 3. The fourth-order valence-corrected chi connectivity index (χ4v) is 2.99. The minimum absolute atomic E-state index is 0.0763. The Balaban J connectivity index is 1.51. The molecule has 0 aliphatic heterocycles. The van der Waals surface area contributed by atoms with Gasteiger partial charge in [-0.25, -0.2) is 9.18 Å². The Morgan fingerprint density at radius 3 is 2.55 bits per heavy atom. The summed E-state index contributed by atoms with van der Waals surface area (Å²) in [6, 6.07) is 2.46. The number of hydrogen-bond donors (Lipinski definition) is 2. The topological polar surface area (TPSA) is 41.1 Å². The molecule has 0 heterocycles. The first-order valence-electron chi connectivity index (χ1n) is 7.17. The number of halogens is 4. The molecular weight excluding hydrogens is 300 g/mol. The number of rotatable bonds is 3. The van der Waals surface area contributed by atoms with Crippen molar-refractivity contribution in [3.63, 3.8) is 0 Å². The molecule has 0 unspecified atom stereocenters. The van der Waals surface area contributed by atoms with Crippen LogP contribution in [0.15, 0.2) is 18.2 Å². The van der Waals surface area contributed by atoms with Crippen LogP contribution in [0.2, 0.25) is 0 Å². The van der Waals surface area contributed by atoms with E-state index in [1.807, 2.05) is 0 Å². The van der Waals surface area contributed by atoms with E-state index in [0.29, 0.717) is 5.41 Å². The Kier molecular flexibility index (Phi) is 3.53. The first-order chi connectivity index (χ1) is 10.3. The Morgan fingerprint density at radius 2 is 1.95 bits per heavy atom. The number of carbonyl (C=O) groups excluding carboxylic acids is 1. The maximum atomic E-state index is 13.1. The maximum Gasteiger partial charge on any atom is 0.419 e. The summed E-state index contributed by atoms with van der Waals surface area (Å²) in [5.74, 6) is -1.31. The fraction of sp³-hybridized carbons (Fsp3) is 0.533. The van der Waals surface area contributed by atoms with Gasteiger partial charge in [0.1, 0.15) is 5.82 Å². The molecule has 0 bridgehead atoms. The summed E-state index contributed by atoms with van der Waals surface area (Å²) in [6.07, 6.45) is -0.331. The molecule has 2 saturated carbocycles. The molecule has 0 atom stereocenters. The van der Waals surface area contributed by atoms with Gasteiger partial charge in [-0.05, 0) is 48.8 Å². The lowest BCUT2D eigenvalue weighted by Crippen LogP contribution is -2.48. The van der Waals surface area contributed by atoms with Gasteiger partial charge in [-0.3, -0.25) is 0 Å². The molecule has 3 rings (SSSR count). The van der Waals surface area contributed by atoms with E-state index in [9.17, 15) is 22.4 Å². The summed E-state index contributed by atoms with van der Waals surface area (Å²) in [7, 11) is 0. The smallest absolute Gasteiger partial charge is 0.335 e. The van der Waals surface area contributed by atoms with Crippen molar-refractivity contribution in [1.82, 2.24) is 10.6 Å². The number of hydrogen-bond acceptors (Lipinski definition) is 1. The van der Waals surface area contributed by atoms with Gasteiger partial charge in [0.2, 0.25) is 0 Å². The quantitative estimate of drug-likeness (QED) is 0.822. The second-order valence-corrected chi connectivity index (χ2v) is 6.24. The molecule has 2 aliphatic carbocycles. The zero-order valence-electron chi connectivity index (χ0n) is 11.8. The summed E-state index contributed by atoms with van der Waals surface area (Å²) in [4.78, 5) is 11.7. The SMILES string of the molecule is O=C(NCc1ccc(F)c(C(F)(F)F)c1)NC1CC2(CC2)C1. The van der Waals surface area contributed by atoms with E-state index in [-0.39, 0.29) is 18.2 Å². The van der Waals surface area contributed by atoms with E-state index < -0.39 is 23.6 Å². The maximum absolute atomic E-state index is 13.1. The molecule has 120 valence electrons. The molecule has 2 fully saturated rings. The predicted octanol–water partition coefficient (Wildman–Crippen LogP) is 3.59. The van der Waals surface area contributed by atoms with E-state index in [4.69, 9.17) is 0 Å². The van der Waals surface area contributed by atoms with Crippen molar-refractivity contribution in [2.24, 2.45) is 5.41 Å². The molecule has 1 aromatic rings. The van der Waals surface area contributed by atoms with Gasteiger partial charge >= 0.3 is 12.2 Å². The number of carbonyl (C=O) groups is 1. The third-order valence-electron chi connectivity index (χ3n) is 4.44. The van der Waals surface area contributed by atoms with Gasteiger partial charge in [-0.15, -0.1) is 0 Å². The lowest BCUT2D eigenvalue weighted by Gasteiger charge is -2.36. The van der Waals surface area contributed by atoms with Crippen LogP contribution in [0.25, 0.3) is 0 Å². The highest BCUT2D eigenvalue weighted by atomic mass is 19.4. The van der Waals surface area contributed by atoms with E-state index >= 15 is 0 Å². The van der Waals surface area contributed by atoms with Crippen molar-refractivity contribution < 1.29 is 22.4 Å². The van der Waals surface area contributed by atoms with E-state index in [2.05, 4.69) is 10.6 Å². The summed E-state index contributed by atoms with van der Waals surface area (Å²) >= 11 is 0. The van der Waals surface area contributed by atoms with Crippen LogP contribution in [0.3, 0.4) is 0 Å². The van der Waals surface area contributed by atoms with Gasteiger partial charge in [0, 0.05) is 12.6 Å². The minimum atomic E-state index is -4.74. The first kappa shape index (κ1) is 15.1. The van der Waals surface area contributed by atoms with E-state index in [1.54, 1.807) is 0 Å². The van der Waals surface area contributed by atoms with Crippen molar-refractivity contribution >= 4 is 6.03 Å². The molecule has 0 radical (unpaired) electrons. The summed E-state index contributed by atoms with van der Waals surface area (Å²) in [6.45, 7) is -0.0763. The molecule has 2 N–H and O–H groups in total. The Hall–Kier alpha value is -1.79. The van der Waals surface area contributed by atoms with Crippen LogP contribution in [-0.2, 0) is 12.7 Å². The normalized spacial score (nSPS) is 19.6. The largest absolute Gasteiger partial charge is 0.419 e. The van der Waals surface area contributed by atoms with Crippen LogP contribution in [0.4, 0.5) is 22.4 Å². The molecule has 3 nitrogen and oxygen atoms in total. The molecular formula is C15H16F4N2O. The van der Waals surface area contributed by atoms with Crippen LogP contribution in [0.5, 0.6) is 0 Å². The van der Waals surface area contributed by atoms with Gasteiger partial charge in [0.25, 0.3) is 0 Å². The third-order valence-corrected chi connectivity index (χ3v) is 4.44. The molecule has 1 aromatic carbocycles. The Bertz CT molecular complexity index is 588. The number of urea groups is 1. The monoisotopic (exact) mass is 316 g/mol. The van der Waals surface area contributed by atoms with Crippen molar-refractivity contribution in [2.45, 2.75) is 44.4 Å². The summed E-state index contributed by atoms with van der Waals surface area (Å²) in [5, 5.41) is 5.30. The van der Waals surface area contributed by atoms with Crippen molar-refractivity contribution in [3.8, 4) is 0 Å². The lowest BCUT2D eigenvalue weighted by molar-refractivity contribution is -0.140. The minimum Gasteiger partial charge on any atom is -0.335 e. The van der Waals surface area contributed by atoms with Gasteiger partial charge in [-0.2, -0.15) is 13.2 Å². The standard InChI is InChI=1S/C15H16F4N2O/c16-12-2-1-9(5-11(12)15(17,18)19)8-20-13(22)21-10-6-14(7-10)3-4-14/h1-2,5,10H,3-4,6-8H2,(H2,20,21,22). The Labute approximate surface area is 125 Å². The van der Waals surface area contributed by atoms with Gasteiger partial charge < -0.3 is 10.6 Å². The summed E-state index contributed by atoms with van der Waals surface area (Å²) in [5.41, 5.74) is -0.644. The average Bonchev–Trinajstić information content (AvgIpc) is 3.16. The highest BCUT2D eigenvalue weighted by Crippen LogP contribution is 2.60. The zero-order chi connectivity index (χ0) is 16.0. The van der Waals surface area contributed by atoms with Crippen molar-refractivity contribution in [3.05, 3.63) is 35.1 Å². The van der Waals surface area contributed by atoms with Gasteiger partial charge in [-0.1, -0.05) is 6.07 Å². The molecule has 0 saturated heterocycles. The molecule has 1 spiro atoms. The van der Waals surface area contributed by atoms with E-state index in [0.717, 1.165) is 25.0 Å². The zero-order valence-corrected chi connectivity index (χ0v) is 11.8. The van der Waals surface area contributed by atoms with Crippen LogP contribution in [0, 0.1) is 11.2 Å². The molecule has 22 heavy (non-hydrogen) atoms. The van der Waals surface area contributed by atoms with Crippen molar-refractivity contribution in [2.75, 3.05) is 0 Å². The predicted molar refractivity (Wildman–Crippen MR) is 71.5 cm³/mol. The van der Waals surface area contributed by atoms with Crippen LogP contribution in [-0.4, -0.2) is 12.1 Å². The Morgan fingerprint density at radius 1 is 1.27 bits per heavy atom. The van der Waals surface area contributed by atoms with Crippen molar-refractivity contribution in [1.29, 1.82) is 0 Å². The van der Waals surface area contributed by atoms with Gasteiger partial charge in [0.15, 0.2) is 0 Å². The summed E-state index contributed by atoms with van der Waals surface area (Å²) < 4.78 is 50.9. The van der Waals surface area contributed by atoms with E-state index in [1.165, 1.54) is 18.9 Å². The molecule has 2 amide bonds. The molecule has 0 aromatic heterocycles. The molecule has 2 aliphatic rings. The van der Waals surface area contributed by atoms with Gasteiger partial charge in [0.05, 0.1) is 5.56 Å². The highest BCUT2D eigenvalue weighted by Gasteiger charge is 2.53. The fourth-order valence-electron chi connectivity index (χ4n) is 2.99. The number of amides is 2. The second-order valence-electron chi connectivity index (χ2n) is 6.24. The average molecular weight is 316 g/mol. The second kappa shape index (κ2) is 5.14. The highest BCUT2D eigenvalue weighted by molar-refractivity contribution is 5.74. The number of nitrogens with one attached hydrogen (secondary N) is 2. The molecule has 7 heteroatoms.